The van der Waals surface area contributed by atoms with Crippen molar-refractivity contribution in [3.63, 3.8) is 0 Å². The predicted octanol–water partition coefficient (Wildman–Crippen LogP) is 20.6. The van der Waals surface area contributed by atoms with Crippen molar-refractivity contribution in [3.8, 4) is 0 Å². The van der Waals surface area contributed by atoms with Crippen LogP contribution in [0.1, 0.15) is 323 Å². The van der Waals surface area contributed by atoms with Gasteiger partial charge in [0.15, 0.2) is 6.10 Å². The van der Waals surface area contributed by atoms with Crippen molar-refractivity contribution in [3.05, 3.63) is 48.6 Å². The summed E-state index contributed by atoms with van der Waals surface area (Å²) in [5, 5.41) is 0. The summed E-state index contributed by atoms with van der Waals surface area (Å²) in [4.78, 5) is 38.2. The molecule has 0 aliphatic carbocycles. The zero-order valence-corrected chi connectivity index (χ0v) is 46.8. The van der Waals surface area contributed by atoms with Crippen LogP contribution in [0.15, 0.2) is 48.6 Å². The molecule has 0 saturated heterocycles. The van der Waals surface area contributed by atoms with E-state index in [1.165, 1.54) is 199 Å². The van der Waals surface area contributed by atoms with E-state index in [2.05, 4.69) is 69.4 Å². The van der Waals surface area contributed by atoms with Gasteiger partial charge in [0, 0.05) is 19.3 Å². The summed E-state index contributed by atoms with van der Waals surface area (Å²) < 4.78 is 16.9. The quantitative estimate of drug-likeness (QED) is 0.0261. The van der Waals surface area contributed by atoms with Crippen LogP contribution in [0.25, 0.3) is 0 Å². The molecule has 0 rings (SSSR count). The Balaban J connectivity index is 4.38. The molecule has 6 nitrogen and oxygen atoms in total. The lowest BCUT2D eigenvalue weighted by atomic mass is 10.0. The first-order valence-corrected chi connectivity index (χ1v) is 30.6. The van der Waals surface area contributed by atoms with E-state index in [0.29, 0.717) is 19.3 Å². The van der Waals surface area contributed by atoms with Gasteiger partial charge in [-0.1, -0.05) is 288 Å². The van der Waals surface area contributed by atoms with E-state index in [4.69, 9.17) is 14.2 Å². The van der Waals surface area contributed by atoms with Gasteiger partial charge in [-0.3, -0.25) is 14.4 Å². The Morgan fingerprint density at radius 1 is 0.286 bits per heavy atom. The second-order valence-electron chi connectivity index (χ2n) is 20.6. The lowest BCUT2D eigenvalue weighted by Crippen LogP contribution is -2.30. The average Bonchev–Trinajstić information content (AvgIpc) is 3.36. The van der Waals surface area contributed by atoms with Crippen LogP contribution in [-0.4, -0.2) is 37.2 Å². The molecule has 0 aromatic rings. The van der Waals surface area contributed by atoms with Crippen molar-refractivity contribution < 1.29 is 28.6 Å². The molecule has 0 aliphatic rings. The van der Waals surface area contributed by atoms with Gasteiger partial charge >= 0.3 is 17.9 Å². The normalized spacial score (nSPS) is 12.3. The van der Waals surface area contributed by atoms with Gasteiger partial charge in [0.05, 0.1) is 0 Å². The van der Waals surface area contributed by atoms with Crippen molar-refractivity contribution in [2.75, 3.05) is 13.2 Å². The average molecular weight is 982 g/mol. The smallest absolute Gasteiger partial charge is 0.306 e. The van der Waals surface area contributed by atoms with E-state index in [0.717, 1.165) is 83.5 Å². The third kappa shape index (κ3) is 56.3. The number of rotatable bonds is 56. The highest BCUT2D eigenvalue weighted by Crippen LogP contribution is 2.17. The summed E-state index contributed by atoms with van der Waals surface area (Å²) in [7, 11) is 0. The standard InChI is InChI=1S/C64H116O6/c1-4-7-10-13-16-19-22-25-28-30-32-34-36-39-42-45-48-51-54-57-63(66)69-60-61(59-68-62(65)56-53-50-47-44-41-38-27-24-21-18-15-12-9-6-3)70-64(67)58-55-52-49-46-43-40-37-35-33-31-29-26-23-20-17-14-11-8-5-2/h16,19,25,28,32,34,39,42,61H,4-15,17-18,20-24,26-27,29-31,33,35-38,40-41,43-60H2,1-3H3/b19-16+,28-25+,34-32+,42-39+/t61-/m1/s1. The summed E-state index contributed by atoms with van der Waals surface area (Å²) in [6.07, 6.45) is 72.5. The zero-order chi connectivity index (χ0) is 50.7. The first-order valence-electron chi connectivity index (χ1n) is 30.6. The molecule has 0 fully saturated rings. The Hall–Kier alpha value is -2.63. The fourth-order valence-corrected chi connectivity index (χ4v) is 8.96. The molecule has 0 unspecified atom stereocenters. The molecule has 0 spiro atoms. The number of hydrogen-bond acceptors (Lipinski definition) is 6. The van der Waals surface area contributed by atoms with Crippen molar-refractivity contribution >= 4 is 17.9 Å². The van der Waals surface area contributed by atoms with E-state index >= 15 is 0 Å². The number of ether oxygens (including phenoxy) is 3. The second kappa shape index (κ2) is 58.9. The third-order valence-corrected chi connectivity index (χ3v) is 13.6. The molecule has 408 valence electrons. The van der Waals surface area contributed by atoms with Crippen LogP contribution >= 0.6 is 0 Å². The molecule has 70 heavy (non-hydrogen) atoms. The molecule has 0 N–H and O–H groups in total. The number of allylic oxidation sites excluding steroid dienone is 8. The molecular formula is C64H116O6. The number of carbonyl (C=O) groups is 3. The van der Waals surface area contributed by atoms with Crippen LogP contribution < -0.4 is 0 Å². The molecular weight excluding hydrogens is 865 g/mol. The monoisotopic (exact) mass is 981 g/mol. The largest absolute Gasteiger partial charge is 0.462 e. The van der Waals surface area contributed by atoms with Gasteiger partial charge in [0.25, 0.3) is 0 Å². The summed E-state index contributed by atoms with van der Waals surface area (Å²) in [5.41, 5.74) is 0. The first-order chi connectivity index (χ1) is 34.5. The zero-order valence-electron chi connectivity index (χ0n) is 46.8. The molecule has 0 aliphatic heterocycles. The molecule has 6 heteroatoms. The summed E-state index contributed by atoms with van der Waals surface area (Å²) in [6, 6.07) is 0. The summed E-state index contributed by atoms with van der Waals surface area (Å²) in [6.45, 7) is 6.63. The number of hydrogen-bond donors (Lipinski definition) is 0. The van der Waals surface area contributed by atoms with Crippen LogP contribution in [0.3, 0.4) is 0 Å². The maximum absolute atomic E-state index is 12.9. The van der Waals surface area contributed by atoms with Gasteiger partial charge in [0.1, 0.15) is 13.2 Å². The van der Waals surface area contributed by atoms with Crippen LogP contribution in [0.4, 0.5) is 0 Å². The topological polar surface area (TPSA) is 78.9 Å². The highest BCUT2D eigenvalue weighted by Gasteiger charge is 2.19. The summed E-state index contributed by atoms with van der Waals surface area (Å²) in [5.74, 6) is -0.890. The van der Waals surface area contributed by atoms with Gasteiger partial charge in [-0.05, 0) is 64.2 Å². The number of unbranched alkanes of at least 4 members (excludes halogenated alkanes) is 37. The van der Waals surface area contributed by atoms with Gasteiger partial charge in [-0.25, -0.2) is 0 Å². The fraction of sp³-hybridized carbons (Fsp3) is 0.828. The van der Waals surface area contributed by atoms with Gasteiger partial charge in [-0.15, -0.1) is 0 Å². The number of esters is 3. The Morgan fingerprint density at radius 3 is 0.829 bits per heavy atom. The van der Waals surface area contributed by atoms with Crippen LogP contribution in [0.2, 0.25) is 0 Å². The van der Waals surface area contributed by atoms with E-state index in [1.807, 2.05) is 0 Å². The van der Waals surface area contributed by atoms with Gasteiger partial charge in [0.2, 0.25) is 0 Å². The SMILES string of the molecule is CCCCC/C=C/C/C=C/C/C=C/C/C=C/CCCCCC(=O)OC[C@@H](COC(=O)CCCCCCCCCCCCCCCC)OC(=O)CCCCCCCCCCCCCCCCCCCCC. The summed E-state index contributed by atoms with van der Waals surface area (Å²) >= 11 is 0. The molecule has 0 radical (unpaired) electrons. The van der Waals surface area contributed by atoms with Crippen LogP contribution in [-0.2, 0) is 28.6 Å². The molecule has 0 amide bonds. The Kier molecular flexibility index (Phi) is 56.7. The Labute approximate surface area is 435 Å². The Bertz CT molecular complexity index is 1220. The van der Waals surface area contributed by atoms with Gasteiger partial charge in [-0.2, -0.15) is 0 Å². The molecule has 0 aromatic carbocycles. The fourth-order valence-electron chi connectivity index (χ4n) is 8.96. The highest BCUT2D eigenvalue weighted by atomic mass is 16.6. The van der Waals surface area contributed by atoms with Gasteiger partial charge < -0.3 is 14.2 Å². The minimum absolute atomic E-state index is 0.0786. The molecule has 0 saturated carbocycles. The highest BCUT2D eigenvalue weighted by molar-refractivity contribution is 5.71. The van der Waals surface area contributed by atoms with Crippen molar-refractivity contribution in [2.24, 2.45) is 0 Å². The lowest BCUT2D eigenvalue weighted by molar-refractivity contribution is -0.167. The first kappa shape index (κ1) is 67.4. The molecule has 1 atom stereocenters. The van der Waals surface area contributed by atoms with E-state index in [1.54, 1.807) is 0 Å². The third-order valence-electron chi connectivity index (χ3n) is 13.6. The van der Waals surface area contributed by atoms with E-state index in [9.17, 15) is 14.4 Å². The van der Waals surface area contributed by atoms with Crippen molar-refractivity contribution in [1.82, 2.24) is 0 Å². The van der Waals surface area contributed by atoms with Crippen molar-refractivity contribution in [1.29, 1.82) is 0 Å². The van der Waals surface area contributed by atoms with E-state index < -0.39 is 6.10 Å². The maximum atomic E-state index is 12.9. The lowest BCUT2D eigenvalue weighted by Gasteiger charge is -2.18. The minimum atomic E-state index is -0.783. The second-order valence-corrected chi connectivity index (χ2v) is 20.6. The van der Waals surface area contributed by atoms with Crippen LogP contribution in [0.5, 0.6) is 0 Å². The molecule has 0 aromatic heterocycles. The number of carbonyl (C=O) groups excluding carboxylic acids is 3. The Morgan fingerprint density at radius 2 is 0.514 bits per heavy atom. The predicted molar refractivity (Wildman–Crippen MR) is 302 cm³/mol. The van der Waals surface area contributed by atoms with Crippen molar-refractivity contribution in [2.45, 2.75) is 329 Å². The minimum Gasteiger partial charge on any atom is -0.462 e. The molecule has 0 bridgehead atoms. The van der Waals surface area contributed by atoms with E-state index in [-0.39, 0.29) is 31.1 Å². The molecule has 0 heterocycles. The van der Waals surface area contributed by atoms with Crippen LogP contribution in [0, 0.1) is 0 Å². The maximum Gasteiger partial charge on any atom is 0.306 e.